The van der Waals surface area contributed by atoms with Crippen molar-refractivity contribution >= 4 is 153 Å². The van der Waals surface area contributed by atoms with Gasteiger partial charge >= 0.3 is 0 Å². The van der Waals surface area contributed by atoms with Crippen molar-refractivity contribution in [2.24, 2.45) is 30.0 Å². The van der Waals surface area contributed by atoms with Gasteiger partial charge in [0.2, 0.25) is 47.9 Å². The first kappa shape index (κ1) is 68.4. The Kier molecular flexibility index (Phi) is 18.3. The molecule has 0 aliphatic carbocycles. The summed E-state index contributed by atoms with van der Waals surface area (Å²) in [6.45, 7) is 1.56. The molecule has 0 radical (unpaired) electrons. The molecule has 97 heavy (non-hydrogen) atoms. The summed E-state index contributed by atoms with van der Waals surface area (Å²) in [5.74, 6) is -2.40. The van der Waals surface area contributed by atoms with Gasteiger partial charge in [-0.25, -0.2) is 101 Å². The average molecular weight is 1460 g/mol. The van der Waals surface area contributed by atoms with E-state index in [9.17, 15) is 65.3 Å². The second-order valence-corrected chi connectivity index (χ2v) is 34.4. The van der Waals surface area contributed by atoms with E-state index in [4.69, 9.17) is 30.0 Å². The fourth-order valence-corrected chi connectivity index (χ4v) is 18.2. The first-order valence-corrected chi connectivity index (χ1v) is 39.2. The van der Waals surface area contributed by atoms with Gasteiger partial charge < -0.3 is 25.7 Å². The summed E-state index contributed by atoms with van der Waals surface area (Å²) in [4.78, 5) is 48.1. The van der Waals surface area contributed by atoms with E-state index in [-0.39, 0.29) is 143 Å². The highest BCUT2D eigenvalue weighted by atomic mass is 32.2. The molecule has 4 aliphatic rings. The number of thiol groups is 1. The van der Waals surface area contributed by atoms with Gasteiger partial charge in [0.1, 0.15) is 10.6 Å². The van der Waals surface area contributed by atoms with Crippen molar-refractivity contribution in [3.8, 4) is 0 Å². The number of rotatable bonds is 26. The number of aliphatic imine (C=N–C) groups is 4. The Labute approximate surface area is 559 Å². The number of hydrogen-bond acceptors (Lipinski definition) is 29. The van der Waals surface area contributed by atoms with Gasteiger partial charge in [-0.05, 0) is 112 Å². The lowest BCUT2D eigenvalue weighted by Gasteiger charge is -2.17. The number of fused-ring (bicyclic) bond motifs is 14. The van der Waals surface area contributed by atoms with E-state index in [0.29, 0.717) is 15.8 Å². The maximum Gasteiger partial charge on any atom is 0.296 e. The third kappa shape index (κ3) is 14.1. The van der Waals surface area contributed by atoms with Crippen LogP contribution in [0.4, 0.5) is 35.2 Å². The predicted molar refractivity (Wildman–Crippen MR) is 362 cm³/mol. The standard InChI is InChI=1S/C56H59N19O15S7/c1-30(28-76)70-94(82,83)22-6-20-92(78,79)33-10-13-36-40(25-33)48-61-46(36)62-49-45-39(8-5-17-57-45)47(63-49)64-52-41-26-34(93(80,81)21-7-23-95(84,85)71-31(2)29-77)11-14-38(41)51-66-53-42-27-35(12-15-37(42)50(65-48)74(53)72-75(51)52)96(86,87)59-19-18-58-54-67-55(69-56(68-54)73(3)4)60-43-24-32(91)9-16-44(43)97(88,89)90/h5,8-17,24-27,30-31,59,70-72,76-77,91H,6-7,18-23,28-29H2,1-4H3,(H,88,89,90)(H2,58,60,67,68,69). The van der Waals surface area contributed by atoms with Crippen LogP contribution >= 0.6 is 12.6 Å². The first-order chi connectivity index (χ1) is 45.8. The second-order valence-electron chi connectivity index (χ2n) is 22.7. The first-order valence-electron chi connectivity index (χ1n) is 29.3. The van der Waals surface area contributed by atoms with E-state index in [0.717, 1.165) is 6.07 Å². The van der Waals surface area contributed by atoms with E-state index in [1.54, 1.807) is 26.2 Å². The van der Waals surface area contributed by atoms with Crippen LogP contribution in [0.2, 0.25) is 0 Å². The summed E-state index contributed by atoms with van der Waals surface area (Å²) in [6.07, 6.45) is 0.880. The van der Waals surface area contributed by atoms with Gasteiger partial charge in [-0.2, -0.15) is 23.4 Å². The molecule has 0 amide bonds. The molecule has 2 unspecified atom stereocenters. The third-order valence-electron chi connectivity index (χ3n) is 15.2. The van der Waals surface area contributed by atoms with E-state index >= 15 is 0 Å². The SMILES string of the molecule is CC(CO)NS(=O)(=O)CCCS(=O)(=O)c1ccc2c(c1)C1=Nc3c4ccc(S(=O)(=O)NCCNc5nc(Nc6cc(S)ccc6S(=O)(=O)O)nc(N(C)C)n5)cc4c4n3Nn3c(c5cc(S(=O)(=O)CCCS(=O)(=O)NC(C)CO)ccc5c3=N4)=NC3=NC(=NC2=N1)c1ncccc13. The molecule has 41 heteroatoms. The van der Waals surface area contributed by atoms with E-state index < -0.39 is 113 Å². The van der Waals surface area contributed by atoms with Crippen molar-refractivity contribution in [1.29, 1.82) is 0 Å². The molecule has 8 heterocycles. The summed E-state index contributed by atoms with van der Waals surface area (Å²) in [5, 5.41) is 25.5. The molecule has 9 N–H and O–H groups in total. The van der Waals surface area contributed by atoms with Crippen molar-refractivity contribution in [2.45, 2.75) is 63.3 Å². The molecule has 0 fully saturated rings. The minimum atomic E-state index is -4.71. The largest absolute Gasteiger partial charge is 0.395 e. The molecule has 4 aromatic heterocycles. The highest BCUT2D eigenvalue weighted by Gasteiger charge is 2.33. The van der Waals surface area contributed by atoms with Crippen LogP contribution in [0.5, 0.6) is 0 Å². The number of aliphatic hydroxyl groups excluding tert-OH is 2. The van der Waals surface area contributed by atoms with Crippen LogP contribution in [-0.4, -0.2) is 193 Å². The molecule has 12 rings (SSSR count). The summed E-state index contributed by atoms with van der Waals surface area (Å²) < 4.78 is 181. The number of nitrogens with zero attached hydrogens (tertiary/aromatic N) is 13. The highest BCUT2D eigenvalue weighted by molar-refractivity contribution is 7.92. The maximum absolute atomic E-state index is 14.5. The minimum absolute atomic E-state index is 0.000151. The van der Waals surface area contributed by atoms with Crippen LogP contribution < -0.4 is 46.2 Å². The molecule has 34 nitrogen and oxygen atoms in total. The predicted octanol–water partition coefficient (Wildman–Crippen LogP) is 0.790. The Morgan fingerprint density at radius 3 is 1.84 bits per heavy atom. The average Bonchev–Trinajstić information content (AvgIpc) is 1.56. The number of pyridine rings is 1. The molecule has 8 aromatic rings. The molecule has 510 valence electrons. The van der Waals surface area contributed by atoms with Crippen LogP contribution in [0.3, 0.4) is 0 Å². The van der Waals surface area contributed by atoms with Crippen molar-refractivity contribution in [3.05, 3.63) is 124 Å². The Balaban J connectivity index is 0.958. The molecule has 4 aliphatic heterocycles. The lowest BCUT2D eigenvalue weighted by atomic mass is 10.1. The number of aromatic nitrogens is 6. The van der Waals surface area contributed by atoms with Crippen molar-refractivity contribution in [2.75, 3.05) is 84.5 Å². The monoisotopic (exact) mass is 1460 g/mol. The van der Waals surface area contributed by atoms with Crippen LogP contribution in [-0.2, 0) is 59.9 Å². The smallest absolute Gasteiger partial charge is 0.296 e. The van der Waals surface area contributed by atoms with Gasteiger partial charge in [-0.15, -0.1) is 12.6 Å². The zero-order valence-electron chi connectivity index (χ0n) is 51.3. The Bertz CT molecular complexity index is 5630. The summed E-state index contributed by atoms with van der Waals surface area (Å²) >= 11 is 4.28. The summed E-state index contributed by atoms with van der Waals surface area (Å²) in [5.41, 5.74) is 4.42. The Hall–Kier alpha value is -8.59. The van der Waals surface area contributed by atoms with Crippen LogP contribution in [0.15, 0.2) is 146 Å². The van der Waals surface area contributed by atoms with E-state index in [1.165, 1.54) is 101 Å². The molecule has 4 aromatic carbocycles. The molecular weight excluding hydrogens is 1400 g/mol. The van der Waals surface area contributed by atoms with Crippen LogP contribution in [0.1, 0.15) is 49.1 Å². The number of aliphatic hydroxyl groups is 2. The normalized spacial score (nSPS) is 15.0. The highest BCUT2D eigenvalue weighted by Crippen LogP contribution is 2.41. The number of sulfonamides is 3. The fourth-order valence-electron chi connectivity index (χ4n) is 10.6. The molecule has 6 bridgehead atoms. The van der Waals surface area contributed by atoms with Crippen molar-refractivity contribution in [1.82, 2.24) is 43.5 Å². The van der Waals surface area contributed by atoms with Crippen molar-refractivity contribution in [3.63, 3.8) is 0 Å². The van der Waals surface area contributed by atoms with Gasteiger partial charge in [0.25, 0.3) is 10.1 Å². The van der Waals surface area contributed by atoms with Crippen molar-refractivity contribution < 1.29 is 65.3 Å². The van der Waals surface area contributed by atoms with Gasteiger partial charge in [0, 0.05) is 88.6 Å². The third-order valence-corrected chi connectivity index (χ3v) is 24.6. The van der Waals surface area contributed by atoms with Gasteiger partial charge in [0.05, 0.1) is 56.6 Å². The van der Waals surface area contributed by atoms with Gasteiger partial charge in [-0.1, -0.05) is 0 Å². The molecule has 2 atom stereocenters. The number of benzene rings is 4. The maximum atomic E-state index is 14.5. The summed E-state index contributed by atoms with van der Waals surface area (Å²) in [6, 6.07) is 18.0. The molecule has 0 spiro atoms. The zero-order valence-corrected chi connectivity index (χ0v) is 57.1. The molecule has 0 saturated carbocycles. The minimum Gasteiger partial charge on any atom is -0.395 e. The Morgan fingerprint density at radius 1 is 0.567 bits per heavy atom. The zero-order chi connectivity index (χ0) is 69.3. The number of anilines is 4. The summed E-state index contributed by atoms with van der Waals surface area (Å²) in [7, 11) is -22.3. The van der Waals surface area contributed by atoms with Crippen LogP contribution in [0.25, 0.3) is 21.5 Å². The lowest BCUT2D eigenvalue weighted by Crippen LogP contribution is -2.41. The second kappa shape index (κ2) is 26.0. The quantitative estimate of drug-likeness (QED) is 0.0203. The van der Waals surface area contributed by atoms with Gasteiger partial charge in [0.15, 0.2) is 65.6 Å². The van der Waals surface area contributed by atoms with E-state index in [1.807, 2.05) is 0 Å². The topological polar surface area (TPSA) is 477 Å². The van der Waals surface area contributed by atoms with Crippen LogP contribution in [0, 0.1) is 0 Å². The number of hydrogen-bond donors (Lipinski definition) is 10. The van der Waals surface area contributed by atoms with Gasteiger partial charge in [-0.3, -0.25) is 9.54 Å². The molecule has 0 saturated heterocycles. The number of amidine groups is 4. The Morgan fingerprint density at radius 2 is 1.15 bits per heavy atom. The molecular formula is C56H59N19O15S7. The fraction of sp³-hybridized carbons (Fsp3) is 0.286. The van der Waals surface area contributed by atoms with E-state index in [2.05, 4.69) is 62.9 Å². The number of nitrogens with one attached hydrogen (secondary N) is 6. The lowest BCUT2D eigenvalue weighted by molar-refractivity contribution is 0.265. The number of sulfone groups is 2.